The lowest BCUT2D eigenvalue weighted by molar-refractivity contribution is -0.149. The quantitative estimate of drug-likeness (QED) is 0.134. The maximum Gasteiger partial charge on any atom is 0.326 e. The average molecular weight is 509 g/mol. The number of nitrogens with two attached hydrogens (primary N) is 3. The first-order valence-corrected chi connectivity index (χ1v) is 11.4. The summed E-state index contributed by atoms with van der Waals surface area (Å²) in [4.78, 5) is 80.6. The number of amides is 5. The van der Waals surface area contributed by atoms with E-state index in [0.29, 0.717) is 12.1 Å². The molecule has 1 aliphatic rings. The summed E-state index contributed by atoms with van der Waals surface area (Å²) >= 11 is 0. The molecule has 1 aromatic rings. The van der Waals surface area contributed by atoms with Crippen molar-refractivity contribution in [3.63, 3.8) is 0 Å². The molecule has 0 saturated carbocycles. The fraction of sp³-hybridized carbons (Fsp3) is 0.571. The topological polar surface area (TPSA) is 257 Å². The van der Waals surface area contributed by atoms with Gasteiger partial charge >= 0.3 is 5.97 Å². The van der Waals surface area contributed by atoms with Gasteiger partial charge in [-0.25, -0.2) is 9.78 Å². The van der Waals surface area contributed by atoms with Crippen molar-refractivity contribution in [2.24, 2.45) is 17.2 Å². The highest BCUT2D eigenvalue weighted by atomic mass is 16.4. The van der Waals surface area contributed by atoms with Gasteiger partial charge in [-0.2, -0.15) is 0 Å². The van der Waals surface area contributed by atoms with Gasteiger partial charge in [0.1, 0.15) is 18.1 Å². The lowest BCUT2D eigenvalue weighted by atomic mass is 10.1. The van der Waals surface area contributed by atoms with E-state index in [-0.39, 0.29) is 45.1 Å². The van der Waals surface area contributed by atoms with Crippen LogP contribution in [0.1, 0.15) is 44.2 Å². The van der Waals surface area contributed by atoms with E-state index in [1.165, 1.54) is 12.5 Å². The zero-order chi connectivity index (χ0) is 26.8. The van der Waals surface area contributed by atoms with Crippen molar-refractivity contribution >= 4 is 35.5 Å². The van der Waals surface area contributed by atoms with Gasteiger partial charge in [-0.3, -0.25) is 24.0 Å². The molecule has 36 heavy (non-hydrogen) atoms. The van der Waals surface area contributed by atoms with E-state index in [1.807, 2.05) is 0 Å². The number of imidazole rings is 1. The Morgan fingerprint density at radius 3 is 2.28 bits per heavy atom. The molecule has 5 amide bonds. The minimum absolute atomic E-state index is 0.0369. The van der Waals surface area contributed by atoms with Crippen LogP contribution in [0.4, 0.5) is 0 Å². The molecule has 0 aromatic carbocycles. The normalized spacial score (nSPS) is 17.6. The van der Waals surface area contributed by atoms with E-state index >= 15 is 0 Å². The minimum Gasteiger partial charge on any atom is -0.480 e. The molecule has 0 spiro atoms. The molecule has 1 aliphatic heterocycles. The van der Waals surface area contributed by atoms with Crippen molar-refractivity contribution in [2.75, 3.05) is 6.54 Å². The van der Waals surface area contributed by atoms with E-state index < -0.39 is 59.7 Å². The Balaban J connectivity index is 2.20. The number of carbonyl (C=O) groups is 6. The zero-order valence-electron chi connectivity index (χ0n) is 19.6. The molecule has 1 aromatic heterocycles. The lowest BCUT2D eigenvalue weighted by Crippen LogP contribution is -2.57. The van der Waals surface area contributed by atoms with Gasteiger partial charge in [-0.1, -0.05) is 0 Å². The van der Waals surface area contributed by atoms with Gasteiger partial charge in [-0.15, -0.1) is 0 Å². The second-order valence-electron chi connectivity index (χ2n) is 8.55. The van der Waals surface area contributed by atoms with Crippen LogP contribution in [0.3, 0.4) is 0 Å². The van der Waals surface area contributed by atoms with Crippen LogP contribution in [-0.4, -0.2) is 86.2 Å². The summed E-state index contributed by atoms with van der Waals surface area (Å²) in [5, 5.41) is 14.4. The summed E-state index contributed by atoms with van der Waals surface area (Å²) < 4.78 is 0. The summed E-state index contributed by atoms with van der Waals surface area (Å²) in [7, 11) is 0. The molecule has 0 bridgehead atoms. The van der Waals surface area contributed by atoms with Crippen LogP contribution in [0, 0.1) is 0 Å². The maximum atomic E-state index is 13.2. The fourth-order valence-corrected chi connectivity index (χ4v) is 3.84. The third-order valence-electron chi connectivity index (χ3n) is 5.77. The number of rotatable bonds is 14. The molecule has 4 unspecified atom stereocenters. The summed E-state index contributed by atoms with van der Waals surface area (Å²) in [6.07, 6.45) is 2.95. The molecule has 0 aliphatic carbocycles. The van der Waals surface area contributed by atoms with Gasteiger partial charge in [0.05, 0.1) is 12.4 Å². The van der Waals surface area contributed by atoms with E-state index in [2.05, 4.69) is 20.6 Å². The third-order valence-corrected chi connectivity index (χ3v) is 5.77. The standard InChI is InChI=1S/C21H32N8O7/c22-12(3-5-16(23)30)18(32)28-14(8-11-9-25-10-26-11)19(33)27-13(4-6-17(24)31)20(34)29-7-1-2-15(29)21(35)36/h9-10,12-15H,1-8,22H2,(H2,23,30)(H2,24,31)(H,25,26)(H,27,33)(H,28,32)(H,35,36). The van der Waals surface area contributed by atoms with Crippen LogP contribution >= 0.6 is 0 Å². The number of carboxylic acids is 1. The molecule has 2 heterocycles. The van der Waals surface area contributed by atoms with E-state index in [0.717, 1.165) is 4.90 Å². The minimum atomic E-state index is -1.25. The summed E-state index contributed by atoms with van der Waals surface area (Å²) in [6, 6.07) is -4.64. The van der Waals surface area contributed by atoms with Crippen LogP contribution in [0.5, 0.6) is 0 Å². The van der Waals surface area contributed by atoms with Crippen molar-refractivity contribution < 1.29 is 33.9 Å². The number of hydrogen-bond acceptors (Lipinski definition) is 8. The number of hydrogen-bond donors (Lipinski definition) is 7. The predicted octanol–water partition coefficient (Wildman–Crippen LogP) is -3.14. The van der Waals surface area contributed by atoms with Crippen molar-refractivity contribution in [3.05, 3.63) is 18.2 Å². The Kier molecular flexibility index (Phi) is 10.3. The maximum absolute atomic E-state index is 13.2. The smallest absolute Gasteiger partial charge is 0.326 e. The van der Waals surface area contributed by atoms with Gasteiger partial charge in [0.2, 0.25) is 29.5 Å². The van der Waals surface area contributed by atoms with Gasteiger partial charge in [0.25, 0.3) is 0 Å². The van der Waals surface area contributed by atoms with Crippen LogP contribution in [0.15, 0.2) is 12.5 Å². The molecule has 1 saturated heterocycles. The van der Waals surface area contributed by atoms with Crippen LogP contribution in [0.2, 0.25) is 0 Å². The number of aromatic amines is 1. The summed E-state index contributed by atoms with van der Waals surface area (Å²) in [5.41, 5.74) is 16.6. The molecule has 10 N–H and O–H groups in total. The predicted molar refractivity (Wildman–Crippen MR) is 123 cm³/mol. The van der Waals surface area contributed by atoms with Crippen molar-refractivity contribution in [2.45, 2.75) is 69.1 Å². The molecule has 1 fully saturated rings. The number of likely N-dealkylation sites (tertiary alicyclic amines) is 1. The fourth-order valence-electron chi connectivity index (χ4n) is 3.84. The van der Waals surface area contributed by atoms with Crippen molar-refractivity contribution in [1.82, 2.24) is 25.5 Å². The Labute approximate surface area is 206 Å². The van der Waals surface area contributed by atoms with E-state index in [1.54, 1.807) is 0 Å². The average Bonchev–Trinajstić information content (AvgIpc) is 3.51. The Hall–Kier alpha value is -4.01. The van der Waals surface area contributed by atoms with Gasteiger partial charge in [0, 0.05) is 37.7 Å². The van der Waals surface area contributed by atoms with Gasteiger partial charge in [-0.05, 0) is 25.7 Å². The van der Waals surface area contributed by atoms with E-state index in [9.17, 15) is 33.9 Å². The Bertz CT molecular complexity index is 967. The number of H-pyrrole nitrogens is 1. The number of primary amides is 2. The molecule has 15 nitrogen and oxygen atoms in total. The van der Waals surface area contributed by atoms with E-state index in [4.69, 9.17) is 17.2 Å². The molecule has 0 radical (unpaired) electrons. The largest absolute Gasteiger partial charge is 0.480 e. The number of nitrogens with zero attached hydrogens (tertiary/aromatic N) is 2. The van der Waals surface area contributed by atoms with Crippen LogP contribution < -0.4 is 27.8 Å². The molecule has 4 atom stereocenters. The summed E-state index contributed by atoms with van der Waals surface area (Å²) in [5.74, 6) is -4.67. The lowest BCUT2D eigenvalue weighted by Gasteiger charge is -2.28. The Morgan fingerprint density at radius 1 is 1.06 bits per heavy atom. The first-order chi connectivity index (χ1) is 17.0. The van der Waals surface area contributed by atoms with Crippen LogP contribution in [-0.2, 0) is 35.2 Å². The Morgan fingerprint density at radius 2 is 1.69 bits per heavy atom. The zero-order valence-corrected chi connectivity index (χ0v) is 19.6. The first kappa shape index (κ1) is 28.2. The number of aliphatic carboxylic acids is 1. The van der Waals surface area contributed by atoms with Gasteiger partial charge < -0.3 is 42.8 Å². The summed E-state index contributed by atoms with van der Waals surface area (Å²) in [6.45, 7) is 0.182. The number of nitrogens with one attached hydrogen (secondary N) is 3. The highest BCUT2D eigenvalue weighted by molar-refractivity contribution is 5.94. The highest BCUT2D eigenvalue weighted by Crippen LogP contribution is 2.19. The van der Waals surface area contributed by atoms with Gasteiger partial charge in [0.15, 0.2) is 0 Å². The van der Waals surface area contributed by atoms with Crippen molar-refractivity contribution in [1.29, 1.82) is 0 Å². The SMILES string of the molecule is NC(=O)CCC(N)C(=O)NC(Cc1cnc[nH]1)C(=O)NC(CCC(N)=O)C(=O)N1CCCC1C(=O)O. The number of carbonyl (C=O) groups excluding carboxylic acids is 5. The molecular formula is C21H32N8O7. The van der Waals surface area contributed by atoms with Crippen LogP contribution in [0.25, 0.3) is 0 Å². The first-order valence-electron chi connectivity index (χ1n) is 11.4. The number of carboxylic acid groups (broad SMARTS) is 1. The second kappa shape index (κ2) is 13.2. The molecule has 15 heteroatoms. The van der Waals surface area contributed by atoms with Crippen molar-refractivity contribution in [3.8, 4) is 0 Å². The number of aromatic nitrogens is 2. The third kappa shape index (κ3) is 8.33. The molecule has 2 rings (SSSR count). The monoisotopic (exact) mass is 508 g/mol. The molecular weight excluding hydrogens is 476 g/mol. The second-order valence-corrected chi connectivity index (χ2v) is 8.55. The molecule has 198 valence electrons. The highest BCUT2D eigenvalue weighted by Gasteiger charge is 2.38.